The molecule has 1 aliphatic carbocycles. The topological polar surface area (TPSA) is 129 Å². The van der Waals surface area contributed by atoms with Gasteiger partial charge in [-0.2, -0.15) is 5.10 Å². The molecular weight excluding hydrogens is 602 g/mol. The number of aryl methyl sites for hydroxylation is 4. The Hall–Kier alpha value is -3.39. The Morgan fingerprint density at radius 3 is 2.35 bits per heavy atom. The first-order chi connectivity index (χ1) is 22.2. The number of hydrogen-bond acceptors (Lipinski definition) is 9. The van der Waals surface area contributed by atoms with E-state index in [1.165, 1.54) is 0 Å². The van der Waals surface area contributed by atoms with Gasteiger partial charge in [-0.05, 0) is 62.3 Å². The predicted octanol–water partition coefficient (Wildman–Crippen LogP) is 2.81. The molecule has 1 aromatic carbocycles. The number of nitrogens with one attached hydrogen (secondary N) is 2. The molecule has 6 rings (SSSR count). The molecule has 2 aromatic heterocycles. The third kappa shape index (κ3) is 6.83. The summed E-state index contributed by atoms with van der Waals surface area (Å²) in [7, 11) is 0.661. The van der Waals surface area contributed by atoms with Crippen LogP contribution in [-0.4, -0.2) is 113 Å². The minimum Gasteiger partial charge on any atom is -0.351 e. The summed E-state index contributed by atoms with van der Waals surface area (Å²) >= 11 is 0. The van der Waals surface area contributed by atoms with E-state index in [0.717, 1.165) is 84.8 Å². The fraction of sp³-hybridized carbons (Fsp3) is 0.576. The third-order valence-electron chi connectivity index (χ3n) is 9.77. The van der Waals surface area contributed by atoms with E-state index in [4.69, 9.17) is 4.98 Å². The number of rotatable bonds is 10. The number of para-hydroxylation sites is 1. The summed E-state index contributed by atoms with van der Waals surface area (Å²) in [6.07, 6.45) is 6.31. The molecule has 0 bridgehead atoms. The molecule has 0 spiro atoms. The fourth-order valence-electron chi connectivity index (χ4n) is 6.89. The van der Waals surface area contributed by atoms with Crippen molar-refractivity contribution in [2.45, 2.75) is 58.4 Å². The van der Waals surface area contributed by atoms with Gasteiger partial charge in [0.2, 0.25) is 16.0 Å². The highest BCUT2D eigenvalue weighted by atomic mass is 32.2. The van der Waals surface area contributed by atoms with Gasteiger partial charge >= 0.3 is 0 Å². The molecule has 1 amide bonds. The van der Waals surface area contributed by atoms with Crippen molar-refractivity contribution in [2.75, 3.05) is 69.2 Å². The molecule has 0 atom stereocenters. The summed E-state index contributed by atoms with van der Waals surface area (Å²) in [5, 5.41) is 11.3. The number of carbonyl (C=O) groups is 1. The minimum absolute atomic E-state index is 0.0736. The van der Waals surface area contributed by atoms with Crippen molar-refractivity contribution in [1.82, 2.24) is 33.9 Å². The highest BCUT2D eigenvalue weighted by Gasteiger charge is 2.31. The zero-order valence-electron chi connectivity index (χ0n) is 27.5. The van der Waals surface area contributed by atoms with E-state index in [9.17, 15) is 13.2 Å². The van der Waals surface area contributed by atoms with Crippen molar-refractivity contribution >= 4 is 27.6 Å². The largest absolute Gasteiger partial charge is 0.351 e. The Balaban J connectivity index is 1.11. The number of fused-ring (bicyclic) bond motifs is 3. The van der Waals surface area contributed by atoms with E-state index in [1.54, 1.807) is 8.99 Å². The first-order valence-corrected chi connectivity index (χ1v) is 18.3. The van der Waals surface area contributed by atoms with Crippen LogP contribution in [-0.2, 0) is 42.8 Å². The number of nitrogens with zero attached hydrogens (tertiary/aromatic N) is 7. The number of hydrogen-bond donors (Lipinski definition) is 2. The third-order valence-corrected chi connectivity index (χ3v) is 11.6. The standard InChI is InChI=1S/C33H47N9O3S/c1-5-23-8-7-9-24(6-2)28(23)36-32(43)30-27-11-10-25-22-34-33(37-29(25)31(27)40(4)38-30)35-26-12-14-42(15-13-26)46(44,45)21-20-41-18-16-39(3)17-19-41/h7-9,22,26H,5-6,10-21H2,1-4H3,(H,36,43)(H,34,35,37). The van der Waals surface area contributed by atoms with Crippen molar-refractivity contribution < 1.29 is 13.2 Å². The van der Waals surface area contributed by atoms with Gasteiger partial charge in [0.25, 0.3) is 5.91 Å². The predicted molar refractivity (Wildman–Crippen MR) is 181 cm³/mol. The van der Waals surface area contributed by atoms with Crippen LogP contribution < -0.4 is 10.6 Å². The van der Waals surface area contributed by atoms with Crippen molar-refractivity contribution in [3.05, 3.63) is 52.3 Å². The van der Waals surface area contributed by atoms with Crippen LogP contribution in [0, 0.1) is 0 Å². The number of amides is 1. The number of aromatic nitrogens is 4. The summed E-state index contributed by atoms with van der Waals surface area (Å²) in [5.41, 5.74) is 7.11. The first-order valence-electron chi connectivity index (χ1n) is 16.7. The second-order valence-corrected chi connectivity index (χ2v) is 14.8. The maximum Gasteiger partial charge on any atom is 0.276 e. The fourth-order valence-corrected chi connectivity index (χ4v) is 8.40. The Labute approximate surface area is 272 Å². The van der Waals surface area contributed by atoms with Gasteiger partial charge in [-0.1, -0.05) is 32.0 Å². The summed E-state index contributed by atoms with van der Waals surface area (Å²) in [6.45, 7) is 9.54. The second-order valence-electron chi connectivity index (χ2n) is 12.8. The number of carbonyl (C=O) groups excluding carboxylic acids is 1. The lowest BCUT2D eigenvalue weighted by atomic mass is 9.93. The minimum atomic E-state index is -3.30. The first kappa shape index (κ1) is 32.5. The monoisotopic (exact) mass is 649 g/mol. The van der Waals surface area contributed by atoms with E-state index in [-0.39, 0.29) is 17.7 Å². The van der Waals surface area contributed by atoms with Gasteiger partial charge in [0.1, 0.15) is 0 Å². The molecule has 0 unspecified atom stereocenters. The van der Waals surface area contributed by atoms with Crippen molar-refractivity contribution in [1.29, 1.82) is 0 Å². The lowest BCUT2D eigenvalue weighted by Gasteiger charge is -2.34. The lowest BCUT2D eigenvalue weighted by Crippen LogP contribution is -2.48. The van der Waals surface area contributed by atoms with Crippen LogP contribution >= 0.6 is 0 Å². The Kier molecular flexibility index (Phi) is 9.74. The molecule has 4 heterocycles. The molecule has 13 heteroatoms. The number of sulfonamides is 1. The van der Waals surface area contributed by atoms with E-state index in [0.29, 0.717) is 50.5 Å². The lowest BCUT2D eigenvalue weighted by molar-refractivity contribution is 0.102. The molecule has 46 heavy (non-hydrogen) atoms. The number of anilines is 2. The molecule has 0 radical (unpaired) electrons. The molecule has 3 aromatic rings. The van der Waals surface area contributed by atoms with Gasteiger partial charge in [0, 0.05) is 76.4 Å². The molecule has 2 fully saturated rings. The Morgan fingerprint density at radius 2 is 1.67 bits per heavy atom. The highest BCUT2D eigenvalue weighted by Crippen LogP contribution is 2.35. The van der Waals surface area contributed by atoms with E-state index in [1.807, 2.05) is 19.3 Å². The summed E-state index contributed by atoms with van der Waals surface area (Å²) in [4.78, 5) is 27.7. The zero-order valence-corrected chi connectivity index (χ0v) is 28.4. The molecule has 3 aliphatic rings. The van der Waals surface area contributed by atoms with Crippen molar-refractivity contribution in [3.8, 4) is 11.4 Å². The maximum absolute atomic E-state index is 13.6. The molecule has 0 saturated carbocycles. The smallest absolute Gasteiger partial charge is 0.276 e. The molecular formula is C33H47N9O3S. The van der Waals surface area contributed by atoms with E-state index < -0.39 is 10.0 Å². The van der Waals surface area contributed by atoms with Crippen molar-refractivity contribution in [2.24, 2.45) is 7.05 Å². The number of benzene rings is 1. The van der Waals surface area contributed by atoms with Gasteiger partial charge in [-0.15, -0.1) is 0 Å². The molecule has 2 aliphatic heterocycles. The van der Waals surface area contributed by atoms with Gasteiger partial charge in [0.05, 0.1) is 17.1 Å². The second kappa shape index (κ2) is 13.8. The van der Waals surface area contributed by atoms with Crippen LogP contribution in [0.3, 0.4) is 0 Å². The quantitative estimate of drug-likeness (QED) is 0.341. The normalized spacial score (nSPS) is 18.3. The average Bonchev–Trinajstić information content (AvgIpc) is 3.41. The van der Waals surface area contributed by atoms with Crippen LogP contribution in [0.5, 0.6) is 0 Å². The molecule has 12 nitrogen and oxygen atoms in total. The Bertz CT molecular complexity index is 1650. The van der Waals surface area contributed by atoms with E-state index in [2.05, 4.69) is 63.5 Å². The van der Waals surface area contributed by atoms with Crippen LogP contribution in [0.2, 0.25) is 0 Å². The zero-order chi connectivity index (χ0) is 32.4. The van der Waals surface area contributed by atoms with Crippen LogP contribution in [0.25, 0.3) is 11.4 Å². The van der Waals surface area contributed by atoms with Gasteiger partial charge in [-0.3, -0.25) is 14.4 Å². The highest BCUT2D eigenvalue weighted by molar-refractivity contribution is 7.89. The number of likely N-dealkylation sites (N-methyl/N-ethyl adjacent to an activating group) is 1. The van der Waals surface area contributed by atoms with Gasteiger partial charge in [0.15, 0.2) is 5.69 Å². The van der Waals surface area contributed by atoms with Crippen LogP contribution in [0.4, 0.5) is 11.6 Å². The summed E-state index contributed by atoms with van der Waals surface area (Å²) < 4.78 is 29.6. The van der Waals surface area contributed by atoms with Gasteiger partial charge < -0.3 is 15.5 Å². The molecule has 2 N–H and O–H groups in total. The SMILES string of the molecule is CCc1cccc(CC)c1NC(=O)c1nn(C)c2c1CCc1cnc(NC3CCN(S(=O)(=O)CCN4CCN(C)CC4)CC3)nc1-2. The Morgan fingerprint density at radius 1 is 0.978 bits per heavy atom. The molecule has 248 valence electrons. The number of piperidine rings is 1. The summed E-state index contributed by atoms with van der Waals surface area (Å²) in [5.74, 6) is 0.480. The molecule has 2 saturated heterocycles. The maximum atomic E-state index is 13.6. The summed E-state index contributed by atoms with van der Waals surface area (Å²) in [6, 6.07) is 6.23. The van der Waals surface area contributed by atoms with Crippen LogP contribution in [0.1, 0.15) is 59.4 Å². The average molecular weight is 650 g/mol. The van der Waals surface area contributed by atoms with Crippen LogP contribution in [0.15, 0.2) is 24.4 Å². The van der Waals surface area contributed by atoms with Gasteiger partial charge in [-0.25, -0.2) is 22.7 Å². The number of piperazine rings is 1. The van der Waals surface area contributed by atoms with E-state index >= 15 is 0 Å². The van der Waals surface area contributed by atoms with Crippen molar-refractivity contribution in [3.63, 3.8) is 0 Å².